The molecule has 0 radical (unpaired) electrons. The number of hydrogen-bond donors (Lipinski definition) is 2. The normalized spacial score (nSPS) is 13.5. The molecule has 0 heterocycles. The van der Waals surface area contributed by atoms with Crippen LogP contribution in [0.2, 0.25) is 0 Å². The van der Waals surface area contributed by atoms with E-state index in [1.54, 1.807) is 0 Å². The topological polar surface area (TPSA) is 102 Å². The standard InChI is InChI=1S/C50H91NO7/c1-5-6-7-8-9-10-11-12-13-14-15-16-17-18-19-20-21-22-23-24-25-26-27-28-29-30-31-32-33-34-35-36-37-38-39-40-41-42-48(53)57-45-47(52)46-58-50(49(54)55)56-44-43-51(2,3)4/h6-7,9-10,12-13,15-16,47,50,52H,5,8,11,14,17-46H2,1-4H3/p+1/b7-6-,10-9-,13-12-,16-15-. The molecule has 2 N–H and O–H groups in total. The fourth-order valence-corrected chi connectivity index (χ4v) is 6.65. The Balaban J connectivity index is 3.37. The summed E-state index contributed by atoms with van der Waals surface area (Å²) in [7, 11) is 5.93. The molecule has 58 heavy (non-hydrogen) atoms. The van der Waals surface area contributed by atoms with Gasteiger partial charge in [-0.15, -0.1) is 0 Å². The van der Waals surface area contributed by atoms with E-state index in [0.29, 0.717) is 17.4 Å². The molecule has 8 heteroatoms. The molecule has 0 saturated heterocycles. The molecule has 0 aromatic rings. The van der Waals surface area contributed by atoms with E-state index in [0.717, 1.165) is 44.9 Å². The van der Waals surface area contributed by atoms with Crippen LogP contribution in [0, 0.1) is 0 Å². The third-order valence-electron chi connectivity index (χ3n) is 10.3. The first-order valence-corrected chi connectivity index (χ1v) is 23.9. The predicted molar refractivity (Wildman–Crippen MR) is 244 cm³/mol. The minimum Gasteiger partial charge on any atom is -0.477 e. The van der Waals surface area contributed by atoms with Gasteiger partial charge in [0.1, 0.15) is 19.3 Å². The summed E-state index contributed by atoms with van der Waals surface area (Å²) in [6.07, 6.45) is 53.4. The zero-order chi connectivity index (χ0) is 42.6. The maximum atomic E-state index is 12.0. The molecule has 0 amide bonds. The molecule has 0 fully saturated rings. The first kappa shape index (κ1) is 55.7. The number of rotatable bonds is 44. The van der Waals surface area contributed by atoms with Crippen molar-refractivity contribution in [2.24, 2.45) is 0 Å². The number of hydrogen-bond acceptors (Lipinski definition) is 6. The molecule has 0 aliphatic carbocycles. The lowest BCUT2D eigenvalue weighted by molar-refractivity contribution is -0.870. The summed E-state index contributed by atoms with van der Waals surface area (Å²) in [5.74, 6) is -1.60. The van der Waals surface area contributed by atoms with Crippen molar-refractivity contribution in [2.45, 2.75) is 212 Å². The highest BCUT2D eigenvalue weighted by molar-refractivity contribution is 5.70. The number of carboxylic acid groups (broad SMARTS) is 1. The van der Waals surface area contributed by atoms with Gasteiger partial charge >= 0.3 is 11.9 Å². The Morgan fingerprint density at radius 2 is 0.897 bits per heavy atom. The van der Waals surface area contributed by atoms with Crippen molar-refractivity contribution < 1.29 is 38.5 Å². The van der Waals surface area contributed by atoms with Crippen LogP contribution < -0.4 is 0 Å². The van der Waals surface area contributed by atoms with Gasteiger partial charge in [-0.05, 0) is 44.9 Å². The average molecular weight is 819 g/mol. The number of aliphatic hydroxyl groups excluding tert-OH is 1. The van der Waals surface area contributed by atoms with Crippen LogP contribution in [0.25, 0.3) is 0 Å². The number of carboxylic acids is 1. The average Bonchev–Trinajstić information content (AvgIpc) is 3.19. The van der Waals surface area contributed by atoms with E-state index in [-0.39, 0.29) is 25.8 Å². The van der Waals surface area contributed by atoms with Crippen LogP contribution in [0.1, 0.15) is 200 Å². The zero-order valence-corrected chi connectivity index (χ0v) is 38.2. The largest absolute Gasteiger partial charge is 0.477 e. The molecule has 0 aromatic heterocycles. The lowest BCUT2D eigenvalue weighted by Crippen LogP contribution is -2.40. The molecule has 0 aliphatic rings. The molecular formula is C50H92NO7+. The van der Waals surface area contributed by atoms with Gasteiger partial charge in [-0.3, -0.25) is 4.79 Å². The van der Waals surface area contributed by atoms with Gasteiger partial charge in [-0.25, -0.2) is 4.79 Å². The molecular weight excluding hydrogens is 727 g/mol. The second-order valence-electron chi connectivity index (χ2n) is 17.2. The molecule has 0 bridgehead atoms. The molecule has 338 valence electrons. The van der Waals surface area contributed by atoms with Crippen molar-refractivity contribution in [3.05, 3.63) is 48.6 Å². The summed E-state index contributed by atoms with van der Waals surface area (Å²) in [6, 6.07) is 0. The van der Waals surface area contributed by atoms with Gasteiger partial charge in [-0.1, -0.05) is 197 Å². The summed E-state index contributed by atoms with van der Waals surface area (Å²) < 4.78 is 16.2. The molecule has 2 unspecified atom stereocenters. The Labute approximate surface area is 357 Å². The number of likely N-dealkylation sites (N-methyl/N-ethyl adjacent to an activating group) is 1. The van der Waals surface area contributed by atoms with Gasteiger partial charge in [0.25, 0.3) is 6.29 Å². The maximum Gasteiger partial charge on any atom is 0.361 e. The number of ether oxygens (including phenoxy) is 3. The third-order valence-corrected chi connectivity index (χ3v) is 10.3. The van der Waals surface area contributed by atoms with Crippen LogP contribution >= 0.6 is 0 Å². The molecule has 0 aromatic carbocycles. The summed E-state index contributed by atoms with van der Waals surface area (Å²) in [4.78, 5) is 23.3. The van der Waals surface area contributed by atoms with Gasteiger partial charge in [0, 0.05) is 6.42 Å². The highest BCUT2D eigenvalue weighted by Crippen LogP contribution is 2.16. The molecule has 0 saturated carbocycles. The Morgan fingerprint density at radius 1 is 0.517 bits per heavy atom. The number of esters is 1. The van der Waals surface area contributed by atoms with Crippen LogP contribution in [0.5, 0.6) is 0 Å². The maximum absolute atomic E-state index is 12.0. The molecule has 2 atom stereocenters. The van der Waals surface area contributed by atoms with E-state index < -0.39 is 18.4 Å². The number of carbonyl (C=O) groups is 2. The van der Waals surface area contributed by atoms with E-state index in [1.807, 2.05) is 21.1 Å². The van der Waals surface area contributed by atoms with E-state index in [4.69, 9.17) is 14.2 Å². The lowest BCUT2D eigenvalue weighted by atomic mass is 10.0. The Kier molecular flexibility index (Phi) is 41.2. The van der Waals surface area contributed by atoms with Crippen molar-refractivity contribution in [2.75, 3.05) is 47.5 Å². The van der Waals surface area contributed by atoms with Gasteiger partial charge < -0.3 is 28.9 Å². The fraction of sp³-hybridized carbons (Fsp3) is 0.800. The number of aliphatic hydroxyl groups is 1. The van der Waals surface area contributed by atoms with E-state index in [1.165, 1.54) is 141 Å². The smallest absolute Gasteiger partial charge is 0.361 e. The molecule has 0 spiro atoms. The first-order valence-electron chi connectivity index (χ1n) is 23.9. The monoisotopic (exact) mass is 819 g/mol. The molecule has 0 rings (SSSR count). The summed E-state index contributed by atoms with van der Waals surface area (Å²) in [6.45, 7) is 2.49. The third kappa shape index (κ3) is 44.8. The molecule has 0 aliphatic heterocycles. The van der Waals surface area contributed by atoms with Gasteiger partial charge in [0.05, 0.1) is 34.4 Å². The fourth-order valence-electron chi connectivity index (χ4n) is 6.65. The van der Waals surface area contributed by atoms with Crippen molar-refractivity contribution >= 4 is 11.9 Å². The summed E-state index contributed by atoms with van der Waals surface area (Å²) in [5, 5.41) is 19.3. The minimum atomic E-state index is -1.46. The van der Waals surface area contributed by atoms with E-state index in [2.05, 4.69) is 55.5 Å². The highest BCUT2D eigenvalue weighted by atomic mass is 16.7. The number of quaternary nitrogens is 1. The number of allylic oxidation sites excluding steroid dienone is 8. The van der Waals surface area contributed by atoms with Crippen LogP contribution in [0.3, 0.4) is 0 Å². The number of aliphatic carboxylic acids is 1. The SMILES string of the molecule is CC/C=C\C/C=C\C/C=C\C/C=C\CCCCCCCCCCCCCCCCCCCCCCCCCCC(=O)OCC(O)COC(OCC[N+](C)(C)C)C(=O)O. The van der Waals surface area contributed by atoms with Crippen LogP contribution in [0.4, 0.5) is 0 Å². The lowest BCUT2D eigenvalue weighted by Gasteiger charge is -2.24. The van der Waals surface area contributed by atoms with E-state index in [9.17, 15) is 19.8 Å². The minimum absolute atomic E-state index is 0.211. The van der Waals surface area contributed by atoms with Crippen molar-refractivity contribution in [1.29, 1.82) is 0 Å². The first-order chi connectivity index (χ1) is 28.2. The van der Waals surface area contributed by atoms with Crippen molar-refractivity contribution in [3.8, 4) is 0 Å². The van der Waals surface area contributed by atoms with Crippen LogP contribution in [-0.2, 0) is 23.8 Å². The van der Waals surface area contributed by atoms with Gasteiger partial charge in [-0.2, -0.15) is 0 Å². The van der Waals surface area contributed by atoms with Crippen molar-refractivity contribution in [1.82, 2.24) is 0 Å². The van der Waals surface area contributed by atoms with Crippen LogP contribution in [0.15, 0.2) is 48.6 Å². The van der Waals surface area contributed by atoms with Gasteiger partial charge in [0.2, 0.25) is 0 Å². The number of carbonyl (C=O) groups excluding carboxylic acids is 1. The number of unbranched alkanes of at least 4 members (excludes halogenated alkanes) is 24. The molecule has 8 nitrogen and oxygen atoms in total. The zero-order valence-electron chi connectivity index (χ0n) is 38.2. The van der Waals surface area contributed by atoms with Crippen molar-refractivity contribution in [3.63, 3.8) is 0 Å². The second-order valence-corrected chi connectivity index (χ2v) is 17.2. The second kappa shape index (κ2) is 42.8. The summed E-state index contributed by atoms with van der Waals surface area (Å²) >= 11 is 0. The Hall–Kier alpha value is -2.26. The summed E-state index contributed by atoms with van der Waals surface area (Å²) in [5.41, 5.74) is 0. The number of nitrogens with zero attached hydrogens (tertiary/aromatic N) is 1. The quantitative estimate of drug-likeness (QED) is 0.0207. The Morgan fingerprint density at radius 3 is 1.29 bits per heavy atom. The van der Waals surface area contributed by atoms with E-state index >= 15 is 0 Å². The van der Waals surface area contributed by atoms with Gasteiger partial charge in [0.15, 0.2) is 0 Å². The predicted octanol–water partition coefficient (Wildman–Crippen LogP) is 13.0. The highest BCUT2D eigenvalue weighted by Gasteiger charge is 2.22. The van der Waals surface area contributed by atoms with Crippen LogP contribution in [-0.4, -0.2) is 86.5 Å². The Bertz CT molecular complexity index is 1030.